The Bertz CT molecular complexity index is 2410. The van der Waals surface area contributed by atoms with Crippen LogP contribution in [0.1, 0.15) is 48.5 Å². The fraction of sp³-hybridized carbons (Fsp3) is 0.900. The zero-order chi connectivity index (χ0) is 81.9. The normalized spacial score (nSPS) is 41.3. The molecular weight excluding hydrogens is 1510 g/mol. The third-order valence-electron chi connectivity index (χ3n) is 19.5. The Balaban J connectivity index is 1.33. The van der Waals surface area contributed by atoms with Crippen molar-refractivity contribution in [2.24, 2.45) is 0 Å². The first-order valence-electron chi connectivity index (χ1n) is 36.2. The van der Waals surface area contributed by atoms with Gasteiger partial charge in [0.05, 0.1) is 46.2 Å². The van der Waals surface area contributed by atoms with Gasteiger partial charge in [-0.3, -0.25) is 33.6 Å². The Kier molecular flexibility index (Phi) is 36.5. The van der Waals surface area contributed by atoms with Gasteiger partial charge < -0.3 is 166 Å². The molecule has 14 bridgehead atoms. The SMILES string of the molecule is COC[C@H]1O[C@@H]2O[C@H]3[C@H](OC(C)=O)[C@@H](OC)[C@@H](O[C@H]4[C@H](OC(C)=O)[C@@H](OC)[C@@H](O[C@H]5[C@H](OC(C)=O)[C@@H](OC)[C@@H](O[C@H]6[C@H](OC(C)=O)[C@@H](OC)[C@@H](O[C@H]7[C@H](OC(C)=O)[C@@H](OC)[C@@H](O[C@H]8[C@H](OC(C)=O)[C@@H](OC)C(O[C@H]1[C@H](OC(C)=O)[C@H]2OC)O[C@@H]8COC)O[C@@H]7COC)O[C@@H]6COC)O[C@@H]5COC)O[C@@H]4COC)O[C@@H]3COC. The van der Waals surface area contributed by atoms with E-state index >= 15 is 0 Å². The molecule has 0 aromatic rings. The van der Waals surface area contributed by atoms with E-state index in [0.29, 0.717) is 0 Å². The second-order valence-electron chi connectivity index (χ2n) is 27.1. The molecule has 21 fully saturated rings. The number of methoxy groups -OCH3 is 14. The molecule has 112 heavy (non-hydrogen) atoms. The van der Waals surface area contributed by atoms with Crippen LogP contribution in [0.5, 0.6) is 0 Å². The first-order valence-corrected chi connectivity index (χ1v) is 36.2. The molecule has 0 N–H and O–H groups in total. The minimum absolute atomic E-state index is 0.341. The maximum absolute atomic E-state index is 13.6. The van der Waals surface area contributed by atoms with Crippen molar-refractivity contribution >= 4 is 41.8 Å². The monoisotopic (exact) mass is 1620 g/mol. The van der Waals surface area contributed by atoms with Gasteiger partial charge in [-0.15, -0.1) is 0 Å². The lowest BCUT2D eigenvalue weighted by molar-refractivity contribution is -0.400. The zero-order valence-corrected chi connectivity index (χ0v) is 66.8. The van der Waals surface area contributed by atoms with Crippen LogP contribution in [-0.2, 0) is 199 Å². The summed E-state index contributed by atoms with van der Waals surface area (Å²) in [6.07, 6.45) is -52.6. The second-order valence-corrected chi connectivity index (χ2v) is 27.1. The lowest BCUT2D eigenvalue weighted by Gasteiger charge is -2.52. The van der Waals surface area contributed by atoms with Crippen molar-refractivity contribution in [2.45, 2.75) is 263 Å². The summed E-state index contributed by atoms with van der Waals surface area (Å²) < 4.78 is 222. The van der Waals surface area contributed by atoms with Crippen molar-refractivity contribution in [3.8, 4) is 0 Å². The van der Waals surface area contributed by atoms with Gasteiger partial charge in [-0.1, -0.05) is 0 Å². The first kappa shape index (κ1) is 92.7. The van der Waals surface area contributed by atoms with Crippen molar-refractivity contribution in [3.63, 3.8) is 0 Å². The van der Waals surface area contributed by atoms with E-state index in [-0.39, 0.29) is 46.2 Å². The van der Waals surface area contributed by atoms with E-state index in [1.165, 1.54) is 99.5 Å². The Hall–Kier alpha value is -4.83. The fourth-order valence-corrected chi connectivity index (χ4v) is 15.3. The molecule has 0 amide bonds. The molecule has 0 aliphatic carbocycles. The number of ether oxygens (including phenoxy) is 35. The van der Waals surface area contributed by atoms with E-state index in [2.05, 4.69) is 0 Å². The van der Waals surface area contributed by atoms with Gasteiger partial charge in [0.25, 0.3) is 0 Å². The number of esters is 7. The maximum Gasteiger partial charge on any atom is 0.303 e. The van der Waals surface area contributed by atoms with Gasteiger partial charge in [0.15, 0.2) is 86.8 Å². The standard InChI is InChI=1S/C70H112O42/c1-29(71)92-50-43-36(22-78-8)99-64(57(50)85-15)107-44-37(23-79-9)101-66(59(87-17)51(44)93-30(2)72)109-46-39(25-81-11)103-68(61(89-19)53(46)95-32(4)74)111-48-41(27-83-13)105-70(63(91-21)55(48)97-34(6)76)112-49-42(28-84-14)104-69(62(90-20)56(49)98-35(7)77)110-47-40(26-82-12)102-67(60(88-18)54(47)96-33(5)75)108-45-38(24-80-10)100-65(106-43)58(86-16)52(45)94-31(3)73/h36-70H,22-28H2,1-21H3/t36-,37-,38-,39-,40-,41-,42-,43-,44-,45-,46-,47-,48-,49-,50+,51+,52+,53+,54+,55+,56+,57-,58-,59-,60-,61-,62-,63-,64-,65-,66-,67-,68-,69-,70?/m1/s1. The predicted octanol–water partition coefficient (Wildman–Crippen LogP) is -2.08. The molecule has 21 aliphatic heterocycles. The first-order chi connectivity index (χ1) is 53.7. The van der Waals surface area contributed by atoms with Gasteiger partial charge in [0.1, 0.15) is 128 Å². The molecule has 0 radical (unpaired) electrons. The smallest absolute Gasteiger partial charge is 0.303 e. The van der Waals surface area contributed by atoms with Gasteiger partial charge in [0, 0.05) is 148 Å². The lowest BCUT2D eigenvalue weighted by atomic mass is 9.94. The highest BCUT2D eigenvalue weighted by Gasteiger charge is 2.64. The Labute approximate surface area is 648 Å². The largest absolute Gasteiger partial charge is 0.457 e. The number of rotatable bonds is 28. The number of carbonyl (C=O) groups excluding carboxylic acids is 7. The van der Waals surface area contributed by atoms with Crippen LogP contribution in [0.4, 0.5) is 0 Å². The minimum atomic E-state index is -1.65. The summed E-state index contributed by atoms with van der Waals surface area (Å²) in [6, 6.07) is 0. The van der Waals surface area contributed by atoms with Gasteiger partial charge >= 0.3 is 41.8 Å². The molecule has 21 rings (SSSR count). The highest BCUT2D eigenvalue weighted by molar-refractivity contribution is 5.68. The van der Waals surface area contributed by atoms with Gasteiger partial charge in [-0.2, -0.15) is 0 Å². The van der Waals surface area contributed by atoms with Gasteiger partial charge in [-0.25, -0.2) is 0 Å². The van der Waals surface area contributed by atoms with Crippen LogP contribution >= 0.6 is 0 Å². The highest BCUT2D eigenvalue weighted by Crippen LogP contribution is 2.44. The molecular formula is C70H112O42. The summed E-state index contributed by atoms with van der Waals surface area (Å²) in [5.41, 5.74) is 0. The molecule has 644 valence electrons. The number of carbonyl (C=O) groups is 7. The van der Waals surface area contributed by atoms with E-state index in [1.54, 1.807) is 0 Å². The van der Waals surface area contributed by atoms with Crippen molar-refractivity contribution in [3.05, 3.63) is 0 Å². The molecule has 1 unspecified atom stereocenters. The fourth-order valence-electron chi connectivity index (χ4n) is 15.3. The molecule has 0 spiro atoms. The van der Waals surface area contributed by atoms with Crippen molar-refractivity contribution < 1.29 is 199 Å². The van der Waals surface area contributed by atoms with Crippen LogP contribution in [0.2, 0.25) is 0 Å². The number of hydrogen-bond donors (Lipinski definition) is 0. The third kappa shape index (κ3) is 22.3. The van der Waals surface area contributed by atoms with Gasteiger partial charge in [-0.05, 0) is 0 Å². The third-order valence-corrected chi connectivity index (χ3v) is 19.5. The average Bonchev–Trinajstić information content (AvgIpc) is 0.764. The van der Waals surface area contributed by atoms with Crippen LogP contribution in [0.25, 0.3) is 0 Å². The summed E-state index contributed by atoms with van der Waals surface area (Å²) in [6.45, 7) is 5.53. The Morgan fingerprint density at radius 3 is 0.366 bits per heavy atom. The Morgan fingerprint density at radius 1 is 0.179 bits per heavy atom. The molecule has 42 heteroatoms. The van der Waals surface area contributed by atoms with Crippen molar-refractivity contribution in [1.82, 2.24) is 0 Å². The zero-order valence-electron chi connectivity index (χ0n) is 66.8. The van der Waals surface area contributed by atoms with E-state index in [0.717, 1.165) is 48.5 Å². The van der Waals surface area contributed by atoms with Crippen LogP contribution in [0, 0.1) is 0 Å². The summed E-state index contributed by atoms with van der Waals surface area (Å²) in [5.74, 6) is -5.95. The molecule has 21 saturated heterocycles. The number of hydrogen-bond acceptors (Lipinski definition) is 42. The Morgan fingerprint density at radius 2 is 0.286 bits per heavy atom. The van der Waals surface area contributed by atoms with Crippen molar-refractivity contribution in [1.29, 1.82) is 0 Å². The maximum atomic E-state index is 13.6. The predicted molar refractivity (Wildman–Crippen MR) is 362 cm³/mol. The second kappa shape index (κ2) is 44.1. The molecule has 21 heterocycles. The molecule has 0 aromatic heterocycles. The minimum Gasteiger partial charge on any atom is -0.457 e. The van der Waals surface area contributed by atoms with Crippen molar-refractivity contribution in [2.75, 3.05) is 146 Å². The van der Waals surface area contributed by atoms with E-state index in [4.69, 9.17) is 166 Å². The molecule has 35 atom stereocenters. The van der Waals surface area contributed by atoms with Crippen LogP contribution in [-0.4, -0.2) is 403 Å². The average molecular weight is 1630 g/mol. The van der Waals surface area contributed by atoms with E-state index < -0.39 is 257 Å². The highest BCUT2D eigenvalue weighted by atomic mass is 16.8. The summed E-state index contributed by atoms with van der Waals surface area (Å²) >= 11 is 0. The van der Waals surface area contributed by atoms with E-state index in [9.17, 15) is 33.6 Å². The topological polar surface area (TPSA) is 443 Å². The molecule has 0 saturated carbocycles. The molecule has 0 aromatic carbocycles. The molecule has 21 aliphatic rings. The quantitative estimate of drug-likeness (QED) is 0.0599. The summed E-state index contributed by atoms with van der Waals surface area (Å²) in [4.78, 5) is 94.9. The van der Waals surface area contributed by atoms with Gasteiger partial charge in [0.2, 0.25) is 0 Å². The summed E-state index contributed by atoms with van der Waals surface area (Å²) in [7, 11) is 18.3. The summed E-state index contributed by atoms with van der Waals surface area (Å²) in [5, 5.41) is 0. The molecule has 42 nitrogen and oxygen atoms in total. The van der Waals surface area contributed by atoms with Crippen LogP contribution in [0.3, 0.4) is 0 Å². The lowest BCUT2D eigenvalue weighted by Crippen LogP contribution is -2.70. The van der Waals surface area contributed by atoms with Crippen LogP contribution in [0.15, 0.2) is 0 Å². The van der Waals surface area contributed by atoms with E-state index in [1.807, 2.05) is 0 Å². The van der Waals surface area contributed by atoms with Crippen LogP contribution < -0.4 is 0 Å².